The number of carboxylic acids is 1. The molecule has 2 aliphatic heterocycles. The van der Waals surface area contributed by atoms with Crippen LogP contribution in [0.1, 0.15) is 56.8 Å². The summed E-state index contributed by atoms with van der Waals surface area (Å²) in [5, 5.41) is 13.0. The van der Waals surface area contributed by atoms with Crippen molar-refractivity contribution in [3.63, 3.8) is 0 Å². The number of hydrogen-bond acceptors (Lipinski definition) is 6. The molecule has 1 spiro atoms. The zero-order valence-corrected chi connectivity index (χ0v) is 21.9. The highest BCUT2D eigenvalue weighted by molar-refractivity contribution is 6.00. The lowest BCUT2D eigenvalue weighted by molar-refractivity contribution is 0.0224. The van der Waals surface area contributed by atoms with E-state index < -0.39 is 17.5 Å². The molecule has 2 N–H and O–H groups in total. The quantitative estimate of drug-likeness (QED) is 0.269. The van der Waals surface area contributed by atoms with Crippen molar-refractivity contribution in [1.29, 1.82) is 0 Å². The maximum Gasteiger partial charge on any atom is 0.340 e. The molecule has 4 aromatic rings. The van der Waals surface area contributed by atoms with E-state index in [1.54, 1.807) is 6.07 Å². The van der Waals surface area contributed by atoms with Crippen LogP contribution >= 0.6 is 0 Å². The molecule has 1 unspecified atom stereocenters. The van der Waals surface area contributed by atoms with Gasteiger partial charge in [0.15, 0.2) is 5.60 Å². The van der Waals surface area contributed by atoms with Crippen molar-refractivity contribution in [3.8, 4) is 11.5 Å². The average molecular weight is 521 g/mol. The van der Waals surface area contributed by atoms with E-state index in [0.717, 1.165) is 35.7 Å². The minimum atomic E-state index is -1.30. The van der Waals surface area contributed by atoms with Gasteiger partial charge in [0.1, 0.15) is 11.5 Å². The molecule has 0 saturated carbocycles. The largest absolute Gasteiger partial charge is 0.478 e. The molecule has 39 heavy (non-hydrogen) atoms. The SMILES string of the molecule is CCN(CC)c1ccc2c(c1)Oc1cc(C)c(Nc3ccccc3)cc1C21OC(=O)c2cc(C(=O)O)ccc21. The van der Waals surface area contributed by atoms with Gasteiger partial charge in [0.2, 0.25) is 0 Å². The van der Waals surface area contributed by atoms with E-state index in [1.807, 2.05) is 67.6 Å². The Labute approximate surface area is 226 Å². The average Bonchev–Trinajstić information content (AvgIpc) is 3.23. The lowest BCUT2D eigenvalue weighted by Crippen LogP contribution is -2.33. The predicted molar refractivity (Wildman–Crippen MR) is 150 cm³/mol. The maximum absolute atomic E-state index is 13.4. The first-order valence-electron chi connectivity index (χ1n) is 13.0. The van der Waals surface area contributed by atoms with Crippen LogP contribution in [0.25, 0.3) is 0 Å². The van der Waals surface area contributed by atoms with Gasteiger partial charge < -0.3 is 24.8 Å². The van der Waals surface area contributed by atoms with Gasteiger partial charge in [0.25, 0.3) is 0 Å². The highest BCUT2D eigenvalue weighted by Crippen LogP contribution is 2.57. The lowest BCUT2D eigenvalue weighted by Gasteiger charge is -2.37. The van der Waals surface area contributed by atoms with Crippen LogP contribution < -0.4 is 15.0 Å². The number of hydrogen-bond donors (Lipinski definition) is 2. The van der Waals surface area contributed by atoms with Crippen LogP contribution in [0.4, 0.5) is 17.1 Å². The summed E-state index contributed by atoms with van der Waals surface area (Å²) >= 11 is 0. The molecule has 1 atom stereocenters. The van der Waals surface area contributed by atoms with E-state index in [1.165, 1.54) is 12.1 Å². The number of fused-ring (bicyclic) bond motifs is 6. The molecular weight excluding hydrogens is 492 g/mol. The molecule has 0 aromatic heterocycles. The summed E-state index contributed by atoms with van der Waals surface area (Å²) < 4.78 is 12.8. The number of rotatable bonds is 6. The number of esters is 1. The number of ether oxygens (including phenoxy) is 2. The van der Waals surface area contributed by atoms with Gasteiger partial charge in [-0.2, -0.15) is 0 Å². The molecule has 6 rings (SSSR count). The molecular formula is C32H28N2O5. The van der Waals surface area contributed by atoms with Gasteiger partial charge in [0.05, 0.1) is 11.1 Å². The van der Waals surface area contributed by atoms with E-state index in [9.17, 15) is 14.7 Å². The number of carbonyl (C=O) groups excluding carboxylic acids is 1. The number of carbonyl (C=O) groups is 2. The second-order valence-electron chi connectivity index (χ2n) is 9.75. The monoisotopic (exact) mass is 520 g/mol. The second kappa shape index (κ2) is 9.20. The van der Waals surface area contributed by atoms with Gasteiger partial charge in [-0.3, -0.25) is 0 Å². The first-order chi connectivity index (χ1) is 18.8. The number of anilines is 3. The number of nitrogens with one attached hydrogen (secondary N) is 1. The standard InChI is InChI=1S/C32H28N2O5/c1-4-34(5-2)22-12-14-25-29(17-22)38-28-15-19(3)27(33-21-9-7-6-8-10-21)18-26(28)32(25)24-13-11-20(30(35)36)16-23(24)31(37)39-32/h6-18,33H,4-5H2,1-3H3,(H,35,36). The van der Waals surface area contributed by atoms with Crippen LogP contribution in [-0.4, -0.2) is 30.1 Å². The van der Waals surface area contributed by atoms with E-state index >= 15 is 0 Å². The van der Waals surface area contributed by atoms with Gasteiger partial charge in [-0.05, 0) is 74.9 Å². The maximum atomic E-state index is 13.4. The van der Waals surface area contributed by atoms with E-state index in [2.05, 4.69) is 24.1 Å². The number of nitrogens with zero attached hydrogens (tertiary/aromatic N) is 1. The van der Waals surface area contributed by atoms with E-state index in [4.69, 9.17) is 9.47 Å². The van der Waals surface area contributed by atoms with Crippen molar-refractivity contribution in [2.45, 2.75) is 26.4 Å². The smallest absolute Gasteiger partial charge is 0.340 e. The summed E-state index contributed by atoms with van der Waals surface area (Å²) in [6.45, 7) is 7.86. The number of para-hydroxylation sites is 1. The Hall–Kier alpha value is -4.78. The number of benzene rings is 4. The fourth-order valence-corrected chi connectivity index (χ4v) is 5.59. The van der Waals surface area contributed by atoms with Crippen molar-refractivity contribution in [1.82, 2.24) is 0 Å². The number of carboxylic acid groups (broad SMARTS) is 1. The molecule has 2 heterocycles. The first kappa shape index (κ1) is 24.6. The summed E-state index contributed by atoms with van der Waals surface area (Å²) in [7, 11) is 0. The first-order valence-corrected chi connectivity index (χ1v) is 13.0. The molecule has 0 bridgehead atoms. The molecule has 0 fully saturated rings. The topological polar surface area (TPSA) is 88.1 Å². The zero-order valence-electron chi connectivity index (χ0n) is 21.9. The Morgan fingerprint density at radius 1 is 0.897 bits per heavy atom. The minimum absolute atomic E-state index is 0.0301. The van der Waals surface area contributed by atoms with Gasteiger partial charge in [-0.25, -0.2) is 9.59 Å². The molecule has 0 saturated heterocycles. The normalized spacial score (nSPS) is 16.5. The molecule has 196 valence electrons. The Morgan fingerprint density at radius 3 is 2.33 bits per heavy atom. The van der Waals surface area contributed by atoms with Gasteiger partial charge in [-0.15, -0.1) is 0 Å². The third-order valence-electron chi connectivity index (χ3n) is 7.56. The zero-order chi connectivity index (χ0) is 27.3. The van der Waals surface area contributed by atoms with Crippen molar-refractivity contribution in [3.05, 3.63) is 112 Å². The Balaban J connectivity index is 1.60. The van der Waals surface area contributed by atoms with Crippen molar-refractivity contribution in [2.24, 2.45) is 0 Å². The van der Waals surface area contributed by atoms with Crippen LogP contribution in [0.5, 0.6) is 11.5 Å². The van der Waals surface area contributed by atoms with Gasteiger partial charge in [-0.1, -0.05) is 24.3 Å². The van der Waals surface area contributed by atoms with Crippen molar-refractivity contribution >= 4 is 29.0 Å². The van der Waals surface area contributed by atoms with Crippen molar-refractivity contribution < 1.29 is 24.2 Å². The van der Waals surface area contributed by atoms with Crippen LogP contribution in [0, 0.1) is 6.92 Å². The van der Waals surface area contributed by atoms with E-state index in [-0.39, 0.29) is 11.1 Å². The summed E-state index contributed by atoms with van der Waals surface area (Å²) in [5.74, 6) is -0.498. The number of aryl methyl sites for hydroxylation is 1. The summed E-state index contributed by atoms with van der Waals surface area (Å²) in [5.41, 5.74) is 4.65. The van der Waals surface area contributed by atoms with Gasteiger partial charge in [0, 0.05) is 52.9 Å². The fraction of sp³-hybridized carbons (Fsp3) is 0.188. The summed E-state index contributed by atoms with van der Waals surface area (Å²) in [6.07, 6.45) is 0. The van der Waals surface area contributed by atoms with Gasteiger partial charge >= 0.3 is 11.9 Å². The van der Waals surface area contributed by atoms with Crippen LogP contribution in [-0.2, 0) is 10.3 Å². The van der Waals surface area contributed by atoms with E-state index in [0.29, 0.717) is 28.2 Å². The summed E-state index contributed by atoms with van der Waals surface area (Å²) in [6, 6.07) is 24.3. The third-order valence-corrected chi connectivity index (χ3v) is 7.56. The Morgan fingerprint density at radius 2 is 1.62 bits per heavy atom. The van der Waals surface area contributed by atoms with Crippen LogP contribution in [0.3, 0.4) is 0 Å². The Bertz CT molecular complexity index is 1630. The highest BCUT2D eigenvalue weighted by Gasteiger charge is 2.54. The molecule has 2 aliphatic rings. The molecule has 7 nitrogen and oxygen atoms in total. The Kier molecular flexibility index (Phi) is 5.79. The second-order valence-corrected chi connectivity index (χ2v) is 9.75. The lowest BCUT2D eigenvalue weighted by atomic mass is 9.77. The summed E-state index contributed by atoms with van der Waals surface area (Å²) in [4.78, 5) is 27.3. The predicted octanol–water partition coefficient (Wildman–Crippen LogP) is 6.85. The van der Waals surface area contributed by atoms with Crippen LogP contribution in [0.15, 0.2) is 78.9 Å². The van der Waals surface area contributed by atoms with Crippen molar-refractivity contribution in [2.75, 3.05) is 23.3 Å². The third kappa shape index (κ3) is 3.81. The van der Waals surface area contributed by atoms with Crippen LogP contribution in [0.2, 0.25) is 0 Å². The molecule has 0 aliphatic carbocycles. The minimum Gasteiger partial charge on any atom is -0.478 e. The molecule has 7 heteroatoms. The highest BCUT2D eigenvalue weighted by atomic mass is 16.6. The molecule has 0 amide bonds. The molecule has 0 radical (unpaired) electrons. The fourth-order valence-electron chi connectivity index (χ4n) is 5.59. The molecule has 4 aromatic carbocycles. The number of aromatic carboxylic acids is 1.